The maximum atomic E-state index is 11.0. The number of fused-ring (bicyclic) bond motifs is 1. The predicted molar refractivity (Wildman–Crippen MR) is 62.9 cm³/mol. The SMILES string of the molecule is NC(=O)C(=O)NCc1csc2ccccc12. The third-order valence-electron chi connectivity index (χ3n) is 2.22. The number of carbonyl (C=O) groups is 2. The molecule has 0 aliphatic rings. The lowest BCUT2D eigenvalue weighted by molar-refractivity contribution is -0.137. The van der Waals surface area contributed by atoms with Gasteiger partial charge < -0.3 is 11.1 Å². The van der Waals surface area contributed by atoms with Gasteiger partial charge in [0.15, 0.2) is 0 Å². The number of hydrogen-bond donors (Lipinski definition) is 2. The van der Waals surface area contributed by atoms with Gasteiger partial charge in [-0.15, -0.1) is 11.3 Å². The summed E-state index contributed by atoms with van der Waals surface area (Å²) >= 11 is 1.61. The number of amides is 2. The summed E-state index contributed by atoms with van der Waals surface area (Å²) in [6, 6.07) is 7.90. The average molecular weight is 234 g/mol. The van der Waals surface area contributed by atoms with Gasteiger partial charge in [-0.25, -0.2) is 0 Å². The van der Waals surface area contributed by atoms with E-state index in [1.807, 2.05) is 29.6 Å². The van der Waals surface area contributed by atoms with Crippen molar-refractivity contribution in [3.8, 4) is 0 Å². The molecule has 1 heterocycles. The molecule has 0 saturated heterocycles. The van der Waals surface area contributed by atoms with Crippen molar-refractivity contribution in [1.82, 2.24) is 5.32 Å². The Morgan fingerprint density at radius 2 is 2.06 bits per heavy atom. The van der Waals surface area contributed by atoms with Gasteiger partial charge in [0.2, 0.25) is 0 Å². The number of benzene rings is 1. The first-order valence-corrected chi connectivity index (χ1v) is 5.59. The summed E-state index contributed by atoms with van der Waals surface area (Å²) in [4.78, 5) is 21.5. The van der Waals surface area contributed by atoms with Crippen molar-refractivity contribution in [2.75, 3.05) is 0 Å². The second kappa shape index (κ2) is 4.32. The van der Waals surface area contributed by atoms with Crippen molar-refractivity contribution < 1.29 is 9.59 Å². The Kier molecular flexibility index (Phi) is 2.87. The van der Waals surface area contributed by atoms with E-state index in [1.54, 1.807) is 11.3 Å². The Morgan fingerprint density at radius 3 is 2.81 bits per heavy atom. The standard InChI is InChI=1S/C11H10N2O2S/c12-10(14)11(15)13-5-7-6-16-9-4-2-1-3-8(7)9/h1-4,6H,5H2,(H2,12,14)(H,13,15). The van der Waals surface area contributed by atoms with Gasteiger partial charge in [-0.1, -0.05) is 18.2 Å². The molecule has 2 rings (SSSR count). The zero-order valence-electron chi connectivity index (χ0n) is 8.40. The molecule has 0 spiro atoms. The molecule has 0 bridgehead atoms. The Hall–Kier alpha value is -1.88. The van der Waals surface area contributed by atoms with E-state index in [2.05, 4.69) is 5.32 Å². The van der Waals surface area contributed by atoms with Gasteiger partial charge in [-0.2, -0.15) is 0 Å². The molecule has 1 aromatic heterocycles. The van der Waals surface area contributed by atoms with Crippen LogP contribution in [0.25, 0.3) is 10.1 Å². The molecule has 0 radical (unpaired) electrons. The van der Waals surface area contributed by atoms with Crippen molar-refractivity contribution in [1.29, 1.82) is 0 Å². The van der Waals surface area contributed by atoms with Gasteiger partial charge in [0.25, 0.3) is 0 Å². The molecular weight excluding hydrogens is 224 g/mol. The number of nitrogens with one attached hydrogen (secondary N) is 1. The van der Waals surface area contributed by atoms with Crippen LogP contribution >= 0.6 is 11.3 Å². The normalized spacial score (nSPS) is 10.2. The molecule has 4 nitrogen and oxygen atoms in total. The van der Waals surface area contributed by atoms with E-state index in [0.29, 0.717) is 6.54 Å². The Balaban J connectivity index is 2.16. The van der Waals surface area contributed by atoms with Crippen LogP contribution in [0, 0.1) is 0 Å². The maximum absolute atomic E-state index is 11.0. The smallest absolute Gasteiger partial charge is 0.309 e. The van der Waals surface area contributed by atoms with Crippen molar-refractivity contribution in [3.63, 3.8) is 0 Å². The third-order valence-corrected chi connectivity index (χ3v) is 3.24. The van der Waals surface area contributed by atoms with Gasteiger partial charge in [-0.05, 0) is 22.4 Å². The topological polar surface area (TPSA) is 72.2 Å². The van der Waals surface area contributed by atoms with Gasteiger partial charge in [-0.3, -0.25) is 9.59 Å². The highest BCUT2D eigenvalue weighted by atomic mass is 32.1. The van der Waals surface area contributed by atoms with Crippen LogP contribution in [0.3, 0.4) is 0 Å². The quantitative estimate of drug-likeness (QED) is 0.761. The summed E-state index contributed by atoms with van der Waals surface area (Å²) in [6.07, 6.45) is 0. The Labute approximate surface area is 96.1 Å². The minimum Gasteiger partial charge on any atom is -0.361 e. The lowest BCUT2D eigenvalue weighted by atomic mass is 10.2. The molecule has 16 heavy (non-hydrogen) atoms. The van der Waals surface area contributed by atoms with Crippen LogP contribution in [0.15, 0.2) is 29.6 Å². The molecule has 0 saturated carbocycles. The molecule has 0 aliphatic heterocycles. The Morgan fingerprint density at radius 1 is 1.31 bits per heavy atom. The zero-order chi connectivity index (χ0) is 11.5. The van der Waals surface area contributed by atoms with Crippen LogP contribution in [-0.4, -0.2) is 11.8 Å². The van der Waals surface area contributed by atoms with Crippen LogP contribution < -0.4 is 11.1 Å². The summed E-state index contributed by atoms with van der Waals surface area (Å²) in [5.41, 5.74) is 5.84. The summed E-state index contributed by atoms with van der Waals surface area (Å²) in [5, 5.41) is 5.53. The van der Waals surface area contributed by atoms with Crippen molar-refractivity contribution >= 4 is 33.2 Å². The first-order chi connectivity index (χ1) is 7.68. The number of thiophene rings is 1. The molecule has 3 N–H and O–H groups in total. The van der Waals surface area contributed by atoms with E-state index in [0.717, 1.165) is 15.6 Å². The van der Waals surface area contributed by atoms with E-state index < -0.39 is 11.8 Å². The highest BCUT2D eigenvalue weighted by molar-refractivity contribution is 7.17. The van der Waals surface area contributed by atoms with Gasteiger partial charge in [0, 0.05) is 11.2 Å². The second-order valence-corrected chi connectivity index (χ2v) is 4.22. The minimum atomic E-state index is -0.959. The fourth-order valence-electron chi connectivity index (χ4n) is 1.43. The second-order valence-electron chi connectivity index (χ2n) is 3.30. The number of primary amides is 1. The highest BCUT2D eigenvalue weighted by Gasteiger charge is 2.09. The van der Waals surface area contributed by atoms with Gasteiger partial charge in [0.05, 0.1) is 0 Å². The third kappa shape index (κ3) is 2.04. The van der Waals surface area contributed by atoms with Crippen LogP contribution in [-0.2, 0) is 16.1 Å². The van der Waals surface area contributed by atoms with Gasteiger partial charge >= 0.3 is 11.8 Å². The van der Waals surface area contributed by atoms with E-state index in [4.69, 9.17) is 5.73 Å². The van der Waals surface area contributed by atoms with Gasteiger partial charge in [0.1, 0.15) is 0 Å². The molecule has 0 unspecified atom stereocenters. The molecule has 82 valence electrons. The van der Waals surface area contributed by atoms with Crippen molar-refractivity contribution in [3.05, 3.63) is 35.2 Å². The largest absolute Gasteiger partial charge is 0.361 e. The van der Waals surface area contributed by atoms with E-state index in [1.165, 1.54) is 0 Å². The monoisotopic (exact) mass is 234 g/mol. The maximum Gasteiger partial charge on any atom is 0.309 e. The summed E-state index contributed by atoms with van der Waals surface area (Å²) in [5.74, 6) is -1.71. The summed E-state index contributed by atoms with van der Waals surface area (Å²) in [6.45, 7) is 0.325. The molecule has 0 atom stereocenters. The number of rotatable bonds is 2. The predicted octanol–water partition coefficient (Wildman–Crippen LogP) is 1.00. The summed E-state index contributed by atoms with van der Waals surface area (Å²) in [7, 11) is 0. The van der Waals surface area contributed by atoms with E-state index >= 15 is 0 Å². The molecule has 2 aromatic rings. The van der Waals surface area contributed by atoms with Crippen LogP contribution in [0.1, 0.15) is 5.56 Å². The number of carbonyl (C=O) groups excluding carboxylic acids is 2. The lowest BCUT2D eigenvalue weighted by Gasteiger charge is -2.01. The Bertz CT molecular complexity index is 548. The van der Waals surface area contributed by atoms with E-state index in [9.17, 15) is 9.59 Å². The van der Waals surface area contributed by atoms with Crippen molar-refractivity contribution in [2.24, 2.45) is 5.73 Å². The molecule has 2 amide bonds. The fraction of sp³-hybridized carbons (Fsp3) is 0.0909. The number of nitrogens with two attached hydrogens (primary N) is 1. The van der Waals surface area contributed by atoms with Crippen molar-refractivity contribution in [2.45, 2.75) is 6.54 Å². The average Bonchev–Trinajstić information content (AvgIpc) is 2.69. The number of hydrogen-bond acceptors (Lipinski definition) is 3. The molecular formula is C11H10N2O2S. The fourth-order valence-corrected chi connectivity index (χ4v) is 2.40. The molecule has 1 aromatic carbocycles. The minimum absolute atomic E-state index is 0.325. The first-order valence-electron chi connectivity index (χ1n) is 4.71. The van der Waals surface area contributed by atoms with E-state index in [-0.39, 0.29) is 0 Å². The van der Waals surface area contributed by atoms with Crippen LogP contribution in [0.2, 0.25) is 0 Å². The highest BCUT2D eigenvalue weighted by Crippen LogP contribution is 2.25. The van der Waals surface area contributed by atoms with Crippen LogP contribution in [0.4, 0.5) is 0 Å². The first kappa shape index (κ1) is 10.6. The van der Waals surface area contributed by atoms with Crippen LogP contribution in [0.5, 0.6) is 0 Å². The molecule has 0 fully saturated rings. The summed E-state index contributed by atoms with van der Waals surface area (Å²) < 4.78 is 1.16. The molecule has 5 heteroatoms. The zero-order valence-corrected chi connectivity index (χ0v) is 9.21. The molecule has 0 aliphatic carbocycles. The lowest BCUT2D eigenvalue weighted by Crippen LogP contribution is -2.35.